The molecule has 0 bridgehead atoms. The van der Waals surface area contributed by atoms with Crippen molar-refractivity contribution in [3.05, 3.63) is 0 Å². The Morgan fingerprint density at radius 3 is 1.90 bits per heavy atom. The van der Waals surface area contributed by atoms with Crippen molar-refractivity contribution in [3.63, 3.8) is 0 Å². The van der Waals surface area contributed by atoms with Gasteiger partial charge in [-0.05, 0) is 19.3 Å². The minimum atomic E-state index is -0.0877. The molecule has 3 heteroatoms. The first-order chi connectivity index (χ1) is 9.70. The number of esters is 1. The summed E-state index contributed by atoms with van der Waals surface area (Å²) >= 11 is 0. The molecular formula is C17H34O3. The summed E-state index contributed by atoms with van der Waals surface area (Å²) in [7, 11) is 1.45. The average molecular weight is 286 g/mol. The number of aliphatic hydroxyl groups is 1. The molecule has 0 aliphatic rings. The standard InChI is InChI=1S/C17H34O3/c1-3-13-16(18)14-11-9-7-5-4-6-8-10-12-15-17(19)20-2/h16,18H,3-15H2,1-2H3. The highest BCUT2D eigenvalue weighted by Crippen LogP contribution is 2.13. The van der Waals surface area contributed by atoms with Gasteiger partial charge in [-0.25, -0.2) is 0 Å². The van der Waals surface area contributed by atoms with Crippen LogP contribution in [-0.4, -0.2) is 24.3 Å². The fourth-order valence-corrected chi connectivity index (χ4v) is 2.47. The van der Waals surface area contributed by atoms with Crippen molar-refractivity contribution in [1.82, 2.24) is 0 Å². The highest BCUT2D eigenvalue weighted by atomic mass is 16.5. The molecule has 0 amide bonds. The van der Waals surface area contributed by atoms with E-state index in [9.17, 15) is 9.90 Å². The van der Waals surface area contributed by atoms with E-state index >= 15 is 0 Å². The maximum absolute atomic E-state index is 10.9. The van der Waals surface area contributed by atoms with Crippen molar-refractivity contribution in [1.29, 1.82) is 0 Å². The zero-order valence-corrected chi connectivity index (χ0v) is 13.5. The molecule has 1 unspecified atom stereocenters. The lowest BCUT2D eigenvalue weighted by Crippen LogP contribution is -2.04. The number of unbranched alkanes of at least 4 members (excludes halogenated alkanes) is 8. The molecule has 1 atom stereocenters. The van der Waals surface area contributed by atoms with Gasteiger partial charge in [0.15, 0.2) is 0 Å². The van der Waals surface area contributed by atoms with Gasteiger partial charge in [0.1, 0.15) is 0 Å². The molecular weight excluding hydrogens is 252 g/mol. The summed E-state index contributed by atoms with van der Waals surface area (Å²) in [4.78, 5) is 10.9. The molecule has 0 heterocycles. The third-order valence-electron chi connectivity index (χ3n) is 3.77. The van der Waals surface area contributed by atoms with Crippen molar-refractivity contribution in [2.24, 2.45) is 0 Å². The van der Waals surface area contributed by atoms with Crippen molar-refractivity contribution in [2.45, 2.75) is 96.5 Å². The summed E-state index contributed by atoms with van der Waals surface area (Å²) in [6.45, 7) is 2.12. The zero-order chi connectivity index (χ0) is 15.1. The Bertz CT molecular complexity index is 216. The summed E-state index contributed by atoms with van der Waals surface area (Å²) < 4.78 is 4.61. The normalized spacial score (nSPS) is 12.3. The number of rotatable bonds is 14. The van der Waals surface area contributed by atoms with Gasteiger partial charge in [-0.3, -0.25) is 4.79 Å². The van der Waals surface area contributed by atoms with Crippen LogP contribution in [0.2, 0.25) is 0 Å². The third-order valence-corrected chi connectivity index (χ3v) is 3.77. The highest BCUT2D eigenvalue weighted by molar-refractivity contribution is 5.68. The van der Waals surface area contributed by atoms with E-state index in [1.165, 1.54) is 52.1 Å². The summed E-state index contributed by atoms with van der Waals surface area (Å²) in [6, 6.07) is 0. The lowest BCUT2D eigenvalue weighted by molar-refractivity contribution is -0.140. The van der Waals surface area contributed by atoms with Gasteiger partial charge in [0.2, 0.25) is 0 Å². The number of methoxy groups -OCH3 is 1. The van der Waals surface area contributed by atoms with E-state index in [0.29, 0.717) is 6.42 Å². The van der Waals surface area contributed by atoms with Crippen LogP contribution in [0, 0.1) is 0 Å². The highest BCUT2D eigenvalue weighted by Gasteiger charge is 2.02. The van der Waals surface area contributed by atoms with Gasteiger partial charge in [-0.15, -0.1) is 0 Å². The molecule has 0 rings (SSSR count). The van der Waals surface area contributed by atoms with Crippen LogP contribution in [0.4, 0.5) is 0 Å². The Kier molecular flexibility index (Phi) is 14.4. The molecule has 0 spiro atoms. The molecule has 0 radical (unpaired) electrons. The third kappa shape index (κ3) is 13.9. The van der Waals surface area contributed by atoms with Gasteiger partial charge in [0, 0.05) is 6.42 Å². The van der Waals surface area contributed by atoms with Crippen molar-refractivity contribution < 1.29 is 14.6 Å². The second-order valence-electron chi connectivity index (χ2n) is 5.74. The van der Waals surface area contributed by atoms with Crippen LogP contribution in [0.25, 0.3) is 0 Å². The first-order valence-corrected chi connectivity index (χ1v) is 8.45. The summed E-state index contributed by atoms with van der Waals surface area (Å²) in [5.74, 6) is -0.0877. The quantitative estimate of drug-likeness (QED) is 0.374. The summed E-state index contributed by atoms with van der Waals surface area (Å²) in [6.07, 6.45) is 14.4. The maximum atomic E-state index is 10.9. The Labute approximate surface area is 125 Å². The molecule has 20 heavy (non-hydrogen) atoms. The second-order valence-corrected chi connectivity index (χ2v) is 5.74. The van der Waals surface area contributed by atoms with Crippen LogP contribution in [0.1, 0.15) is 90.4 Å². The number of hydrogen-bond acceptors (Lipinski definition) is 3. The molecule has 1 N–H and O–H groups in total. The molecule has 0 aromatic heterocycles. The van der Waals surface area contributed by atoms with Gasteiger partial charge in [0.05, 0.1) is 13.2 Å². The van der Waals surface area contributed by atoms with Crippen molar-refractivity contribution >= 4 is 5.97 Å². The lowest BCUT2D eigenvalue weighted by Gasteiger charge is -2.08. The molecule has 3 nitrogen and oxygen atoms in total. The molecule has 0 aromatic rings. The van der Waals surface area contributed by atoms with Crippen LogP contribution in [-0.2, 0) is 9.53 Å². The predicted molar refractivity (Wildman–Crippen MR) is 83.7 cm³/mol. The Balaban J connectivity index is 3.08. The molecule has 0 aliphatic heterocycles. The fourth-order valence-electron chi connectivity index (χ4n) is 2.47. The van der Waals surface area contributed by atoms with Gasteiger partial charge >= 0.3 is 5.97 Å². The van der Waals surface area contributed by atoms with Gasteiger partial charge in [-0.1, -0.05) is 64.7 Å². The lowest BCUT2D eigenvalue weighted by atomic mass is 10.0. The molecule has 0 aliphatic carbocycles. The molecule has 0 saturated heterocycles. The van der Waals surface area contributed by atoms with Crippen LogP contribution < -0.4 is 0 Å². The topological polar surface area (TPSA) is 46.5 Å². The minimum Gasteiger partial charge on any atom is -0.469 e. The number of carbonyl (C=O) groups excluding carboxylic acids is 1. The van der Waals surface area contributed by atoms with E-state index in [4.69, 9.17) is 0 Å². The number of hydrogen-bond donors (Lipinski definition) is 1. The minimum absolute atomic E-state index is 0.0742. The van der Waals surface area contributed by atoms with Gasteiger partial charge in [0.25, 0.3) is 0 Å². The van der Waals surface area contributed by atoms with Crippen molar-refractivity contribution in [3.8, 4) is 0 Å². The largest absolute Gasteiger partial charge is 0.469 e. The van der Waals surface area contributed by atoms with E-state index in [0.717, 1.165) is 32.1 Å². The number of ether oxygens (including phenoxy) is 1. The van der Waals surface area contributed by atoms with Crippen LogP contribution in [0.15, 0.2) is 0 Å². The number of aliphatic hydroxyl groups excluding tert-OH is 1. The van der Waals surface area contributed by atoms with E-state index in [1.54, 1.807) is 0 Å². The van der Waals surface area contributed by atoms with Crippen LogP contribution >= 0.6 is 0 Å². The monoisotopic (exact) mass is 286 g/mol. The Hall–Kier alpha value is -0.570. The molecule has 0 aromatic carbocycles. The fraction of sp³-hybridized carbons (Fsp3) is 0.941. The van der Waals surface area contributed by atoms with Crippen molar-refractivity contribution in [2.75, 3.05) is 7.11 Å². The zero-order valence-electron chi connectivity index (χ0n) is 13.5. The maximum Gasteiger partial charge on any atom is 0.305 e. The molecule has 0 fully saturated rings. The Morgan fingerprint density at radius 1 is 0.900 bits per heavy atom. The first-order valence-electron chi connectivity index (χ1n) is 8.45. The van der Waals surface area contributed by atoms with E-state index in [2.05, 4.69) is 11.7 Å². The van der Waals surface area contributed by atoms with Gasteiger partial charge in [-0.2, -0.15) is 0 Å². The second kappa shape index (κ2) is 14.8. The van der Waals surface area contributed by atoms with Crippen LogP contribution in [0.3, 0.4) is 0 Å². The smallest absolute Gasteiger partial charge is 0.305 e. The van der Waals surface area contributed by atoms with E-state index in [-0.39, 0.29) is 12.1 Å². The molecule has 120 valence electrons. The average Bonchev–Trinajstić information content (AvgIpc) is 2.44. The summed E-state index contributed by atoms with van der Waals surface area (Å²) in [5, 5.41) is 9.60. The Morgan fingerprint density at radius 2 is 1.40 bits per heavy atom. The molecule has 0 saturated carbocycles. The van der Waals surface area contributed by atoms with E-state index in [1.807, 2.05) is 0 Å². The SMILES string of the molecule is CCCC(O)CCCCCCCCCCCC(=O)OC. The number of carbonyl (C=O) groups is 1. The van der Waals surface area contributed by atoms with Crippen LogP contribution in [0.5, 0.6) is 0 Å². The predicted octanol–water partition coefficient (Wildman–Crippen LogP) is 4.61. The van der Waals surface area contributed by atoms with E-state index < -0.39 is 0 Å². The summed E-state index contributed by atoms with van der Waals surface area (Å²) in [5.41, 5.74) is 0. The van der Waals surface area contributed by atoms with Gasteiger partial charge < -0.3 is 9.84 Å². The first kappa shape index (κ1) is 19.4.